The predicted octanol–water partition coefficient (Wildman–Crippen LogP) is 3.14. The summed E-state index contributed by atoms with van der Waals surface area (Å²) in [5, 5.41) is 22.5. The van der Waals surface area contributed by atoms with E-state index in [4.69, 9.17) is 12.2 Å². The van der Waals surface area contributed by atoms with Crippen molar-refractivity contribution in [2.45, 2.75) is 0 Å². The summed E-state index contributed by atoms with van der Waals surface area (Å²) >= 11 is 6.28. The van der Waals surface area contributed by atoms with E-state index < -0.39 is 10.8 Å². The number of carbonyl (C=O) groups excluding carboxylic acids is 2. The molecular weight excluding hydrogens is 402 g/mol. The van der Waals surface area contributed by atoms with E-state index >= 15 is 0 Å². The minimum Gasteiger partial charge on any atom is -0.508 e. The van der Waals surface area contributed by atoms with Crippen LogP contribution in [-0.2, 0) is 9.59 Å². The van der Waals surface area contributed by atoms with Gasteiger partial charge in [0.25, 0.3) is 11.6 Å². The number of nitro groups is 1. The van der Waals surface area contributed by atoms with Gasteiger partial charge in [-0.2, -0.15) is 0 Å². The zero-order valence-corrected chi connectivity index (χ0v) is 15.8. The number of rotatable bonds is 5. The summed E-state index contributed by atoms with van der Waals surface area (Å²) < 4.78 is 0.258. The largest absolute Gasteiger partial charge is 0.508 e. The monoisotopic (exact) mass is 415 g/mol. The Balaban J connectivity index is 1.65. The molecule has 10 heteroatoms. The molecule has 1 heterocycles. The topological polar surface area (TPSA) is 113 Å². The summed E-state index contributed by atoms with van der Waals surface area (Å²) in [6, 6.07) is 11.7. The molecular formula is C18H13N3O5S2. The van der Waals surface area contributed by atoms with Crippen LogP contribution in [0.2, 0.25) is 0 Å². The molecule has 1 saturated heterocycles. The van der Waals surface area contributed by atoms with Crippen molar-refractivity contribution in [2.75, 3.05) is 11.9 Å². The van der Waals surface area contributed by atoms with Crippen molar-refractivity contribution in [1.82, 2.24) is 4.90 Å². The van der Waals surface area contributed by atoms with Gasteiger partial charge in [-0.3, -0.25) is 24.6 Å². The molecule has 0 saturated carbocycles. The van der Waals surface area contributed by atoms with Crippen LogP contribution in [0.15, 0.2) is 53.4 Å². The molecule has 0 bridgehead atoms. The van der Waals surface area contributed by atoms with E-state index in [1.807, 2.05) is 0 Å². The molecule has 0 radical (unpaired) electrons. The number of carbonyl (C=O) groups is 2. The molecule has 28 heavy (non-hydrogen) atoms. The van der Waals surface area contributed by atoms with Gasteiger partial charge in [0.1, 0.15) is 16.6 Å². The third-order valence-electron chi connectivity index (χ3n) is 3.73. The lowest BCUT2D eigenvalue weighted by atomic mass is 10.2. The maximum absolute atomic E-state index is 12.5. The van der Waals surface area contributed by atoms with Crippen molar-refractivity contribution in [3.63, 3.8) is 0 Å². The lowest BCUT2D eigenvalue weighted by Gasteiger charge is -2.14. The molecule has 142 valence electrons. The number of hydrogen-bond acceptors (Lipinski definition) is 7. The number of nitrogens with zero attached hydrogens (tertiary/aromatic N) is 2. The van der Waals surface area contributed by atoms with Gasteiger partial charge >= 0.3 is 0 Å². The number of benzene rings is 2. The minimum atomic E-state index is -0.536. The Morgan fingerprint density at radius 3 is 2.46 bits per heavy atom. The molecule has 0 unspecified atom stereocenters. The van der Waals surface area contributed by atoms with Crippen LogP contribution in [-0.4, -0.2) is 37.6 Å². The molecule has 2 amide bonds. The van der Waals surface area contributed by atoms with Crippen LogP contribution in [0, 0.1) is 10.1 Å². The Hall–Kier alpha value is -3.24. The van der Waals surface area contributed by atoms with Crippen LogP contribution in [0.3, 0.4) is 0 Å². The molecule has 0 spiro atoms. The van der Waals surface area contributed by atoms with Gasteiger partial charge in [-0.15, -0.1) is 0 Å². The average Bonchev–Trinajstić information content (AvgIpc) is 2.91. The fraction of sp³-hybridized carbons (Fsp3) is 0.0556. The van der Waals surface area contributed by atoms with E-state index in [0.29, 0.717) is 16.2 Å². The molecule has 2 aromatic rings. The summed E-state index contributed by atoms with van der Waals surface area (Å²) in [7, 11) is 0. The van der Waals surface area contributed by atoms with Gasteiger partial charge in [-0.1, -0.05) is 36.1 Å². The standard InChI is InChI=1S/C18H13N3O5S2/c22-14-7-1-11(2-8-14)9-15-17(24)20(18(27)28-15)10-16(23)19-12-3-5-13(6-4-12)21(25)26/h1-9,22H,10H2,(H,19,23)/b15-9-. The number of anilines is 1. The summed E-state index contributed by atoms with van der Waals surface area (Å²) in [6.45, 7) is -0.269. The number of nitrogens with one attached hydrogen (secondary N) is 1. The van der Waals surface area contributed by atoms with Crippen LogP contribution in [0.1, 0.15) is 5.56 Å². The molecule has 0 aliphatic carbocycles. The highest BCUT2D eigenvalue weighted by atomic mass is 32.2. The van der Waals surface area contributed by atoms with Gasteiger partial charge in [-0.05, 0) is 35.9 Å². The summed E-state index contributed by atoms with van der Waals surface area (Å²) in [6.07, 6.45) is 1.63. The summed E-state index contributed by atoms with van der Waals surface area (Å²) in [5.41, 5.74) is 1.00. The van der Waals surface area contributed by atoms with Crippen molar-refractivity contribution in [3.8, 4) is 5.75 Å². The third-order valence-corrected chi connectivity index (χ3v) is 5.11. The van der Waals surface area contributed by atoms with Crippen molar-refractivity contribution in [3.05, 3.63) is 69.1 Å². The van der Waals surface area contributed by atoms with Crippen molar-refractivity contribution in [1.29, 1.82) is 0 Å². The second-order valence-electron chi connectivity index (χ2n) is 5.71. The number of nitro benzene ring substituents is 1. The quantitative estimate of drug-likeness (QED) is 0.334. The number of phenols is 1. The Bertz CT molecular complexity index is 987. The fourth-order valence-electron chi connectivity index (χ4n) is 2.37. The minimum absolute atomic E-state index is 0.0886. The smallest absolute Gasteiger partial charge is 0.269 e. The van der Waals surface area contributed by atoms with Crippen LogP contribution >= 0.6 is 24.0 Å². The number of hydrogen-bond donors (Lipinski definition) is 2. The second-order valence-corrected chi connectivity index (χ2v) is 7.39. The highest BCUT2D eigenvalue weighted by Crippen LogP contribution is 2.32. The van der Waals surface area contributed by atoms with Gasteiger partial charge < -0.3 is 10.4 Å². The summed E-state index contributed by atoms with van der Waals surface area (Å²) in [4.78, 5) is 36.4. The molecule has 2 aromatic carbocycles. The Labute approximate surface area is 169 Å². The Morgan fingerprint density at radius 1 is 1.21 bits per heavy atom. The van der Waals surface area contributed by atoms with Gasteiger partial charge in [-0.25, -0.2) is 0 Å². The Morgan fingerprint density at radius 2 is 1.86 bits per heavy atom. The molecule has 0 aromatic heterocycles. The molecule has 1 fully saturated rings. The maximum Gasteiger partial charge on any atom is 0.269 e. The first-order valence-corrected chi connectivity index (χ1v) is 9.14. The highest BCUT2D eigenvalue weighted by Gasteiger charge is 2.33. The normalized spacial score (nSPS) is 15.1. The van der Waals surface area contributed by atoms with Gasteiger partial charge in [0, 0.05) is 17.8 Å². The predicted molar refractivity (Wildman–Crippen MR) is 110 cm³/mol. The van der Waals surface area contributed by atoms with E-state index in [1.165, 1.54) is 41.3 Å². The number of aromatic hydroxyl groups is 1. The van der Waals surface area contributed by atoms with E-state index in [2.05, 4.69) is 5.32 Å². The molecule has 0 atom stereocenters. The highest BCUT2D eigenvalue weighted by molar-refractivity contribution is 8.26. The van der Waals surface area contributed by atoms with Crippen molar-refractivity contribution < 1.29 is 19.6 Å². The molecule has 8 nitrogen and oxygen atoms in total. The van der Waals surface area contributed by atoms with Crippen molar-refractivity contribution >= 4 is 57.6 Å². The number of phenolic OH excluding ortho intramolecular Hbond substituents is 1. The lowest BCUT2D eigenvalue weighted by Crippen LogP contribution is -2.36. The average molecular weight is 415 g/mol. The van der Waals surface area contributed by atoms with Crippen LogP contribution in [0.4, 0.5) is 11.4 Å². The molecule has 1 aliphatic heterocycles. The lowest BCUT2D eigenvalue weighted by molar-refractivity contribution is -0.384. The van der Waals surface area contributed by atoms with Gasteiger partial charge in [0.15, 0.2) is 0 Å². The van der Waals surface area contributed by atoms with Gasteiger partial charge in [0.2, 0.25) is 5.91 Å². The van der Waals surface area contributed by atoms with Crippen LogP contribution < -0.4 is 5.32 Å². The van der Waals surface area contributed by atoms with Crippen LogP contribution in [0.5, 0.6) is 5.75 Å². The zero-order valence-electron chi connectivity index (χ0n) is 14.2. The van der Waals surface area contributed by atoms with E-state index in [9.17, 15) is 24.8 Å². The fourth-order valence-corrected chi connectivity index (χ4v) is 3.62. The maximum atomic E-state index is 12.5. The number of thioether (sulfide) groups is 1. The first-order chi connectivity index (χ1) is 13.3. The zero-order chi connectivity index (χ0) is 20.3. The number of amides is 2. The van der Waals surface area contributed by atoms with E-state index in [0.717, 1.165) is 11.8 Å². The van der Waals surface area contributed by atoms with E-state index in [1.54, 1.807) is 18.2 Å². The second kappa shape index (κ2) is 8.19. The molecule has 3 rings (SSSR count). The van der Waals surface area contributed by atoms with E-state index in [-0.39, 0.29) is 28.2 Å². The first-order valence-electron chi connectivity index (χ1n) is 7.92. The van der Waals surface area contributed by atoms with Gasteiger partial charge in [0.05, 0.1) is 9.83 Å². The number of thiocarbonyl (C=S) groups is 1. The molecule has 1 aliphatic rings. The van der Waals surface area contributed by atoms with Crippen LogP contribution in [0.25, 0.3) is 6.08 Å². The summed E-state index contributed by atoms with van der Waals surface area (Å²) in [5.74, 6) is -0.745. The molecule has 2 N–H and O–H groups in total. The third kappa shape index (κ3) is 4.53. The Kier molecular flexibility index (Phi) is 5.71. The van der Waals surface area contributed by atoms with Crippen molar-refractivity contribution in [2.24, 2.45) is 0 Å². The SMILES string of the molecule is O=C(CN1C(=O)/C(=C/c2ccc(O)cc2)SC1=S)Nc1ccc([N+](=O)[O-])cc1. The number of non-ortho nitro benzene ring substituents is 1. The first kappa shape index (κ1) is 19.5.